The number of aromatic nitrogens is 1. The van der Waals surface area contributed by atoms with Crippen molar-refractivity contribution in [1.29, 1.82) is 0 Å². The molecule has 0 atom stereocenters. The number of rotatable bonds is 7. The maximum atomic E-state index is 13.4. The highest BCUT2D eigenvalue weighted by Crippen LogP contribution is 2.38. The molecule has 0 fully saturated rings. The molecule has 1 aromatic heterocycles. The van der Waals surface area contributed by atoms with Crippen LogP contribution in [0.5, 0.6) is 11.5 Å². The Balaban J connectivity index is 1.49. The van der Waals surface area contributed by atoms with Crippen molar-refractivity contribution in [2.45, 2.75) is 52.0 Å². The number of fused-ring (bicyclic) bond motifs is 3. The normalized spacial score (nSPS) is 15.2. The molecule has 186 valence electrons. The number of esters is 1. The van der Waals surface area contributed by atoms with Crippen LogP contribution in [-0.2, 0) is 16.0 Å². The second kappa shape index (κ2) is 10.4. The maximum absolute atomic E-state index is 13.4. The van der Waals surface area contributed by atoms with Crippen molar-refractivity contribution in [3.63, 3.8) is 0 Å². The lowest BCUT2D eigenvalue weighted by Crippen LogP contribution is -2.37. The Bertz CT molecular complexity index is 1340. The molecule has 36 heavy (non-hydrogen) atoms. The summed E-state index contributed by atoms with van der Waals surface area (Å²) >= 11 is 0. The molecule has 1 aliphatic heterocycles. The minimum absolute atomic E-state index is 0.0783. The van der Waals surface area contributed by atoms with Gasteiger partial charge in [-0.15, -0.1) is 0 Å². The Hall–Kier alpha value is -3.87. The quantitative estimate of drug-likeness (QED) is 0.456. The van der Waals surface area contributed by atoms with E-state index in [9.17, 15) is 9.59 Å². The SMILES string of the molecule is CCC(CC)NC(=O)COC(=O)c1c2c(nc3ccccc13)C(=Cc1ccc3c(c1)OCO3)CCC2. The lowest BCUT2D eigenvalue weighted by molar-refractivity contribution is -0.125. The van der Waals surface area contributed by atoms with Gasteiger partial charge >= 0.3 is 5.97 Å². The highest BCUT2D eigenvalue weighted by molar-refractivity contribution is 6.07. The second-order valence-corrected chi connectivity index (χ2v) is 9.12. The number of allylic oxidation sites excluding steroid dienone is 1. The number of benzene rings is 2. The van der Waals surface area contributed by atoms with Crippen LogP contribution in [0, 0.1) is 0 Å². The Kier molecular flexibility index (Phi) is 6.89. The summed E-state index contributed by atoms with van der Waals surface area (Å²) in [4.78, 5) is 30.7. The van der Waals surface area contributed by atoms with E-state index in [-0.39, 0.29) is 25.3 Å². The molecule has 0 radical (unpaired) electrons. The lowest BCUT2D eigenvalue weighted by Gasteiger charge is -2.22. The Labute approximate surface area is 210 Å². The third kappa shape index (κ3) is 4.78. The molecule has 0 unspecified atom stereocenters. The van der Waals surface area contributed by atoms with Gasteiger partial charge in [0.2, 0.25) is 6.79 Å². The monoisotopic (exact) mass is 486 g/mol. The molecule has 0 saturated carbocycles. The molecule has 2 aliphatic rings. The summed E-state index contributed by atoms with van der Waals surface area (Å²) in [7, 11) is 0. The van der Waals surface area contributed by atoms with Crippen LogP contribution in [0.4, 0.5) is 0 Å². The van der Waals surface area contributed by atoms with E-state index in [2.05, 4.69) is 11.4 Å². The molecule has 5 rings (SSSR count). The minimum atomic E-state index is -0.492. The van der Waals surface area contributed by atoms with E-state index < -0.39 is 5.97 Å². The van der Waals surface area contributed by atoms with Gasteiger partial charge in [-0.05, 0) is 73.1 Å². The van der Waals surface area contributed by atoms with Gasteiger partial charge in [-0.3, -0.25) is 4.79 Å². The molecule has 1 N–H and O–H groups in total. The van der Waals surface area contributed by atoms with Crippen LogP contribution in [0.2, 0.25) is 0 Å². The van der Waals surface area contributed by atoms with Crippen LogP contribution in [0.15, 0.2) is 42.5 Å². The molecule has 3 aromatic rings. The third-order valence-corrected chi connectivity index (χ3v) is 6.80. The van der Waals surface area contributed by atoms with Gasteiger partial charge in [-0.1, -0.05) is 38.1 Å². The van der Waals surface area contributed by atoms with Gasteiger partial charge in [0, 0.05) is 11.4 Å². The van der Waals surface area contributed by atoms with Crippen molar-refractivity contribution in [3.8, 4) is 11.5 Å². The average molecular weight is 487 g/mol. The van der Waals surface area contributed by atoms with Gasteiger partial charge in [-0.25, -0.2) is 9.78 Å². The number of carbonyl (C=O) groups excluding carboxylic acids is 2. The van der Waals surface area contributed by atoms with Crippen molar-refractivity contribution >= 4 is 34.4 Å². The van der Waals surface area contributed by atoms with E-state index in [1.807, 2.05) is 56.3 Å². The van der Waals surface area contributed by atoms with Gasteiger partial charge in [0.05, 0.1) is 16.8 Å². The van der Waals surface area contributed by atoms with Crippen molar-refractivity contribution in [2.24, 2.45) is 0 Å². The number of nitrogens with one attached hydrogen (secondary N) is 1. The predicted molar refractivity (Wildman–Crippen MR) is 138 cm³/mol. The molecular weight excluding hydrogens is 456 g/mol. The first kappa shape index (κ1) is 23.9. The van der Waals surface area contributed by atoms with Crippen LogP contribution < -0.4 is 14.8 Å². The van der Waals surface area contributed by atoms with E-state index in [0.717, 1.165) is 76.9 Å². The zero-order valence-corrected chi connectivity index (χ0v) is 20.6. The smallest absolute Gasteiger partial charge is 0.339 e. The van der Waals surface area contributed by atoms with Crippen molar-refractivity contribution in [3.05, 3.63) is 64.8 Å². The van der Waals surface area contributed by atoms with Gasteiger partial charge in [-0.2, -0.15) is 0 Å². The summed E-state index contributed by atoms with van der Waals surface area (Å²) in [5, 5.41) is 3.66. The van der Waals surface area contributed by atoms with Crippen LogP contribution in [0.1, 0.15) is 66.7 Å². The van der Waals surface area contributed by atoms with Crippen LogP contribution in [0.3, 0.4) is 0 Å². The molecule has 0 bridgehead atoms. The van der Waals surface area contributed by atoms with Crippen LogP contribution in [0.25, 0.3) is 22.6 Å². The fourth-order valence-electron chi connectivity index (χ4n) is 4.88. The molecule has 7 nitrogen and oxygen atoms in total. The number of para-hydroxylation sites is 1. The van der Waals surface area contributed by atoms with Crippen molar-refractivity contribution in [2.75, 3.05) is 13.4 Å². The topological polar surface area (TPSA) is 86.8 Å². The molecule has 1 aliphatic carbocycles. The molecule has 7 heteroatoms. The standard InChI is InChI=1S/C29H30N2O5/c1-3-20(4-2)30-26(32)16-34-29(33)27-21-9-5-6-11-23(21)31-28-19(8-7-10-22(27)28)14-18-12-13-24-25(15-18)36-17-35-24/h5-6,9,11-15,20H,3-4,7-8,10,16-17H2,1-2H3,(H,30,32). The number of hydrogen-bond acceptors (Lipinski definition) is 6. The molecular formula is C29H30N2O5. The molecule has 1 amide bonds. The summed E-state index contributed by atoms with van der Waals surface area (Å²) in [6.45, 7) is 3.96. The Morgan fingerprint density at radius 2 is 1.89 bits per heavy atom. The van der Waals surface area contributed by atoms with Gasteiger partial charge in [0.25, 0.3) is 5.91 Å². The summed E-state index contributed by atoms with van der Waals surface area (Å²) in [5.74, 6) is 0.688. The average Bonchev–Trinajstić information content (AvgIpc) is 3.37. The first-order valence-corrected chi connectivity index (χ1v) is 12.6. The predicted octanol–water partition coefficient (Wildman–Crippen LogP) is 5.30. The fraction of sp³-hybridized carbons (Fsp3) is 0.345. The Morgan fingerprint density at radius 3 is 2.72 bits per heavy atom. The highest BCUT2D eigenvalue weighted by Gasteiger charge is 2.26. The number of carbonyl (C=O) groups is 2. The van der Waals surface area contributed by atoms with Crippen LogP contribution >= 0.6 is 0 Å². The molecule has 0 saturated heterocycles. The number of nitrogens with zero attached hydrogens (tertiary/aromatic N) is 1. The van der Waals surface area contributed by atoms with E-state index in [1.165, 1.54) is 0 Å². The zero-order chi connectivity index (χ0) is 25.1. The zero-order valence-electron chi connectivity index (χ0n) is 20.6. The van der Waals surface area contributed by atoms with Gasteiger partial charge < -0.3 is 19.5 Å². The van der Waals surface area contributed by atoms with Crippen LogP contribution in [-0.4, -0.2) is 36.3 Å². The van der Waals surface area contributed by atoms with E-state index in [4.69, 9.17) is 19.2 Å². The lowest BCUT2D eigenvalue weighted by atomic mass is 9.86. The molecule has 0 spiro atoms. The third-order valence-electron chi connectivity index (χ3n) is 6.80. The number of pyridine rings is 1. The highest BCUT2D eigenvalue weighted by atomic mass is 16.7. The van der Waals surface area contributed by atoms with E-state index >= 15 is 0 Å². The maximum Gasteiger partial charge on any atom is 0.339 e. The van der Waals surface area contributed by atoms with Gasteiger partial charge in [0.1, 0.15) is 0 Å². The molecule has 2 aromatic carbocycles. The first-order chi connectivity index (χ1) is 17.6. The van der Waals surface area contributed by atoms with Gasteiger partial charge in [0.15, 0.2) is 18.1 Å². The second-order valence-electron chi connectivity index (χ2n) is 9.12. The van der Waals surface area contributed by atoms with Crippen molar-refractivity contribution < 1.29 is 23.8 Å². The molecule has 2 heterocycles. The summed E-state index contributed by atoms with van der Waals surface area (Å²) < 4.78 is 16.5. The van der Waals surface area contributed by atoms with E-state index in [0.29, 0.717) is 5.56 Å². The largest absolute Gasteiger partial charge is 0.454 e. The number of ether oxygens (including phenoxy) is 3. The summed E-state index contributed by atoms with van der Waals surface area (Å²) in [5.41, 5.74) is 4.95. The number of hydrogen-bond donors (Lipinski definition) is 1. The van der Waals surface area contributed by atoms with Crippen molar-refractivity contribution in [1.82, 2.24) is 10.3 Å². The number of amides is 1. The summed E-state index contributed by atoms with van der Waals surface area (Å²) in [6.07, 6.45) is 6.21. The summed E-state index contributed by atoms with van der Waals surface area (Å²) in [6, 6.07) is 13.5. The first-order valence-electron chi connectivity index (χ1n) is 12.6. The Morgan fingerprint density at radius 1 is 1.08 bits per heavy atom. The van der Waals surface area contributed by atoms with E-state index in [1.54, 1.807) is 0 Å². The minimum Gasteiger partial charge on any atom is -0.454 e. The fourth-order valence-corrected chi connectivity index (χ4v) is 4.88.